The summed E-state index contributed by atoms with van der Waals surface area (Å²) in [5.74, 6) is -3.95. The second-order valence-corrected chi connectivity index (χ2v) is 5.09. The first-order chi connectivity index (χ1) is 8.76. The Morgan fingerprint density at radius 1 is 1.05 bits per heavy atom. The average Bonchev–Trinajstić information content (AvgIpc) is 2.26. The molecule has 16 radical (unpaired) electrons. The monoisotopic (exact) mass is 250 g/mol. The fourth-order valence-corrected chi connectivity index (χ4v) is 2.13. The molecule has 1 fully saturated rings. The number of carbonyl (C=O) groups is 2. The van der Waals surface area contributed by atoms with Crippen LogP contribution in [0.15, 0.2) is 0 Å². The zero-order valence-electron chi connectivity index (χ0n) is 11.1. The van der Waals surface area contributed by atoms with Gasteiger partial charge in [0.15, 0.2) is 0 Å². The maximum absolute atomic E-state index is 12.3. The first-order valence-corrected chi connectivity index (χ1v) is 5.78. The summed E-state index contributed by atoms with van der Waals surface area (Å²) >= 11 is 0. The van der Waals surface area contributed by atoms with E-state index in [0.29, 0.717) is 0 Å². The second-order valence-electron chi connectivity index (χ2n) is 5.09. The van der Waals surface area contributed by atoms with Gasteiger partial charge in [-0.05, 0) is 6.92 Å². The number of esters is 1. The number of hydrogen-bond acceptors (Lipinski definition) is 3. The Hall–Kier alpha value is -0.341. The van der Waals surface area contributed by atoms with Gasteiger partial charge in [-0.3, -0.25) is 9.59 Å². The van der Waals surface area contributed by atoms with Crippen molar-refractivity contribution in [3.63, 3.8) is 0 Å². The van der Waals surface area contributed by atoms with Crippen molar-refractivity contribution in [2.75, 3.05) is 6.61 Å². The molecular formula is C9H6B8O3. The SMILES string of the molecule is [B]C1([B])C(=O)C(C(=O)OCC)C([B])([B])C([B])([B])C1([B])[B]. The molecule has 1 saturated carbocycles. The molecule has 3 nitrogen and oxygen atoms in total. The van der Waals surface area contributed by atoms with Crippen LogP contribution < -0.4 is 0 Å². The maximum atomic E-state index is 12.3. The summed E-state index contributed by atoms with van der Waals surface area (Å²) in [7, 11) is 45.6. The fraction of sp³-hybridized carbons (Fsp3) is 0.778. The predicted octanol–water partition coefficient (Wildman–Crippen LogP) is -2.44. The largest absolute Gasteiger partial charge is 0.465 e. The molecule has 0 aromatic rings. The first-order valence-electron chi connectivity index (χ1n) is 5.78. The van der Waals surface area contributed by atoms with Gasteiger partial charge in [-0.2, -0.15) is 0 Å². The molecule has 1 aliphatic rings. The normalized spacial score (nSPS) is 29.4. The van der Waals surface area contributed by atoms with Crippen LogP contribution in [0.25, 0.3) is 0 Å². The Bertz CT molecular complexity index is 444. The molecule has 11 heteroatoms. The van der Waals surface area contributed by atoms with Gasteiger partial charge in [0.25, 0.3) is 0 Å². The molecule has 1 rings (SSSR count). The lowest BCUT2D eigenvalue weighted by Crippen LogP contribution is -2.63. The molecule has 0 N–H and O–H groups in total. The van der Waals surface area contributed by atoms with E-state index in [-0.39, 0.29) is 6.61 Å². The van der Waals surface area contributed by atoms with Gasteiger partial charge in [0.05, 0.1) is 69.4 Å². The average molecular weight is 249 g/mol. The van der Waals surface area contributed by atoms with Crippen LogP contribution in [0.1, 0.15) is 6.92 Å². The quantitative estimate of drug-likeness (QED) is 0.310. The Labute approximate surface area is 129 Å². The fourth-order valence-electron chi connectivity index (χ4n) is 2.13. The van der Waals surface area contributed by atoms with Gasteiger partial charge in [0.1, 0.15) is 11.7 Å². The first kappa shape index (κ1) is 17.7. The third-order valence-electron chi connectivity index (χ3n) is 3.76. The van der Waals surface area contributed by atoms with E-state index in [1.54, 1.807) is 0 Å². The van der Waals surface area contributed by atoms with Crippen molar-refractivity contribution >= 4 is 74.5 Å². The van der Waals surface area contributed by atoms with Gasteiger partial charge in [-0.1, -0.05) is 10.4 Å². The van der Waals surface area contributed by atoms with Crippen LogP contribution in [-0.2, 0) is 14.3 Å². The highest BCUT2D eigenvalue weighted by atomic mass is 16.5. The van der Waals surface area contributed by atoms with Crippen LogP contribution in [0.5, 0.6) is 0 Å². The highest BCUT2D eigenvalue weighted by Gasteiger charge is 2.64. The van der Waals surface area contributed by atoms with Crippen LogP contribution in [0, 0.1) is 5.92 Å². The third-order valence-corrected chi connectivity index (χ3v) is 3.76. The molecule has 0 amide bonds. The van der Waals surface area contributed by atoms with Gasteiger partial charge in [-0.25, -0.2) is 0 Å². The molecular weight excluding hydrogens is 243 g/mol. The van der Waals surface area contributed by atoms with Crippen molar-refractivity contribution in [3.8, 4) is 0 Å². The molecule has 1 atom stereocenters. The topological polar surface area (TPSA) is 43.4 Å². The minimum absolute atomic E-state index is 0.0284. The van der Waals surface area contributed by atoms with E-state index >= 15 is 0 Å². The number of Topliss-reactive ketones (excluding diaryl/α,β-unsaturated/α-hetero) is 1. The van der Waals surface area contributed by atoms with Gasteiger partial charge >= 0.3 is 5.97 Å². The van der Waals surface area contributed by atoms with E-state index in [4.69, 9.17) is 67.5 Å². The molecule has 0 spiro atoms. The smallest absolute Gasteiger partial charge is 0.315 e. The molecule has 1 aliphatic carbocycles. The van der Waals surface area contributed by atoms with E-state index in [1.165, 1.54) is 6.92 Å². The Balaban J connectivity index is 3.49. The summed E-state index contributed by atoms with van der Waals surface area (Å²) in [4.78, 5) is 24.2. The Kier molecular flexibility index (Phi) is 4.29. The van der Waals surface area contributed by atoms with E-state index in [9.17, 15) is 9.59 Å². The highest BCUT2D eigenvalue weighted by Crippen LogP contribution is 2.71. The van der Waals surface area contributed by atoms with Crippen molar-refractivity contribution in [2.45, 2.75) is 27.8 Å². The summed E-state index contributed by atoms with van der Waals surface area (Å²) in [6, 6.07) is 0. The zero-order chi connectivity index (χ0) is 16.1. The van der Waals surface area contributed by atoms with Crippen molar-refractivity contribution in [3.05, 3.63) is 0 Å². The highest BCUT2D eigenvalue weighted by molar-refractivity contribution is 6.71. The Morgan fingerprint density at radius 3 is 1.90 bits per heavy atom. The molecule has 20 heavy (non-hydrogen) atoms. The van der Waals surface area contributed by atoms with Crippen molar-refractivity contribution in [2.24, 2.45) is 5.92 Å². The molecule has 0 heterocycles. The standard InChI is InChI=1S/C9H6B8O3/c1-2-20-5(19)3-4(18)7(12,13)9(16,17)8(14,15)6(3,10)11/h3H,2H2,1H3. The summed E-state index contributed by atoms with van der Waals surface area (Å²) in [6.45, 7) is 1.49. The molecule has 1 unspecified atom stereocenters. The minimum Gasteiger partial charge on any atom is -0.465 e. The van der Waals surface area contributed by atoms with Crippen LogP contribution in [-0.4, -0.2) is 81.1 Å². The lowest BCUT2D eigenvalue weighted by Gasteiger charge is -2.68. The number of ether oxygens (including phenoxy) is 1. The van der Waals surface area contributed by atoms with Gasteiger partial charge in [0, 0.05) is 0 Å². The molecule has 0 aromatic carbocycles. The third kappa shape index (κ3) is 1.99. The minimum atomic E-state index is -2.42. The Morgan fingerprint density at radius 2 is 1.50 bits per heavy atom. The van der Waals surface area contributed by atoms with E-state index in [2.05, 4.69) is 0 Å². The van der Waals surface area contributed by atoms with Gasteiger partial charge < -0.3 is 4.74 Å². The van der Waals surface area contributed by atoms with Crippen LogP contribution in [0.2, 0.25) is 20.9 Å². The summed E-state index contributed by atoms with van der Waals surface area (Å²) in [6.07, 6.45) is 0. The van der Waals surface area contributed by atoms with E-state index < -0.39 is 38.5 Å². The molecule has 0 aromatic heterocycles. The number of ketones is 1. The predicted molar refractivity (Wildman–Crippen MR) is 81.9 cm³/mol. The number of hydrogen-bond donors (Lipinski definition) is 0. The lowest BCUT2D eigenvalue weighted by atomic mass is 9.06. The second kappa shape index (κ2) is 4.84. The molecule has 0 aliphatic heterocycles. The van der Waals surface area contributed by atoms with Gasteiger partial charge in [-0.15, -0.1) is 10.4 Å². The molecule has 0 saturated heterocycles. The van der Waals surface area contributed by atoms with Crippen LogP contribution in [0.3, 0.4) is 0 Å². The van der Waals surface area contributed by atoms with E-state index in [0.717, 1.165) is 0 Å². The van der Waals surface area contributed by atoms with Crippen molar-refractivity contribution < 1.29 is 14.3 Å². The summed E-state index contributed by atoms with van der Waals surface area (Å²) in [5.41, 5.74) is 0. The van der Waals surface area contributed by atoms with Crippen molar-refractivity contribution in [1.29, 1.82) is 0 Å². The zero-order valence-corrected chi connectivity index (χ0v) is 11.1. The number of carbonyl (C=O) groups excluding carboxylic acids is 2. The molecule has 84 valence electrons. The molecule has 0 bridgehead atoms. The van der Waals surface area contributed by atoms with Crippen molar-refractivity contribution in [1.82, 2.24) is 0 Å². The lowest BCUT2D eigenvalue weighted by molar-refractivity contribution is -0.154. The van der Waals surface area contributed by atoms with Crippen LogP contribution >= 0.6 is 0 Å². The maximum Gasteiger partial charge on any atom is 0.315 e. The summed E-state index contributed by atoms with van der Waals surface area (Å²) < 4.78 is 4.72. The van der Waals surface area contributed by atoms with Crippen LogP contribution in [0.4, 0.5) is 0 Å². The van der Waals surface area contributed by atoms with Gasteiger partial charge in [0.2, 0.25) is 0 Å². The number of rotatable bonds is 2. The summed E-state index contributed by atoms with van der Waals surface area (Å²) in [5, 5.41) is -9.41. The van der Waals surface area contributed by atoms with E-state index in [1.807, 2.05) is 0 Å².